The fourth-order valence-corrected chi connectivity index (χ4v) is 5.53. The van der Waals surface area contributed by atoms with Crippen molar-refractivity contribution in [3.63, 3.8) is 0 Å². The molecule has 4 rings (SSSR count). The summed E-state index contributed by atoms with van der Waals surface area (Å²) in [6.45, 7) is 5.69. The van der Waals surface area contributed by atoms with E-state index in [1.807, 2.05) is 51.1 Å². The SMILES string of the molecule is COC(=O)Nc1ccc(OC)c([C@@H]2C[C@@]3(CCCC(C(=O)OC(C)(C)C)[C@H]3c3ccccc3)ON2)c1. The third-order valence-corrected chi connectivity index (χ3v) is 6.94. The maximum atomic E-state index is 13.4. The van der Waals surface area contributed by atoms with Gasteiger partial charge in [0.2, 0.25) is 0 Å². The number of methoxy groups -OCH3 is 2. The lowest BCUT2D eigenvalue weighted by Gasteiger charge is -2.44. The van der Waals surface area contributed by atoms with E-state index in [9.17, 15) is 9.59 Å². The van der Waals surface area contributed by atoms with Gasteiger partial charge in [-0.2, -0.15) is 5.48 Å². The van der Waals surface area contributed by atoms with Gasteiger partial charge in [-0.25, -0.2) is 4.79 Å². The molecule has 36 heavy (non-hydrogen) atoms. The Kier molecular flexibility index (Phi) is 7.57. The molecule has 1 aliphatic carbocycles. The van der Waals surface area contributed by atoms with Crippen molar-refractivity contribution in [1.82, 2.24) is 5.48 Å². The second-order valence-electron chi connectivity index (χ2n) is 10.5. The highest BCUT2D eigenvalue weighted by atomic mass is 16.7. The molecule has 2 aromatic carbocycles. The van der Waals surface area contributed by atoms with E-state index < -0.39 is 17.3 Å². The highest BCUT2D eigenvalue weighted by Crippen LogP contribution is 2.54. The van der Waals surface area contributed by atoms with Gasteiger partial charge in [-0.3, -0.25) is 14.9 Å². The van der Waals surface area contributed by atoms with Crippen LogP contribution < -0.4 is 15.5 Å². The summed E-state index contributed by atoms with van der Waals surface area (Å²) in [6.07, 6.45) is 2.48. The molecule has 194 valence electrons. The topological polar surface area (TPSA) is 95.1 Å². The molecule has 1 saturated heterocycles. The molecule has 0 radical (unpaired) electrons. The number of hydrogen-bond donors (Lipinski definition) is 2. The summed E-state index contributed by atoms with van der Waals surface area (Å²) < 4.78 is 16.2. The molecule has 1 unspecified atom stereocenters. The number of nitrogens with one attached hydrogen (secondary N) is 2. The smallest absolute Gasteiger partial charge is 0.411 e. The summed E-state index contributed by atoms with van der Waals surface area (Å²) in [6, 6.07) is 15.3. The van der Waals surface area contributed by atoms with Gasteiger partial charge >= 0.3 is 12.1 Å². The lowest BCUT2D eigenvalue weighted by Crippen LogP contribution is -2.47. The zero-order chi connectivity index (χ0) is 25.9. The van der Waals surface area contributed by atoms with Gasteiger partial charge < -0.3 is 14.2 Å². The van der Waals surface area contributed by atoms with E-state index in [0.717, 1.165) is 30.4 Å². The van der Waals surface area contributed by atoms with Crippen LogP contribution in [0.1, 0.15) is 69.5 Å². The van der Waals surface area contributed by atoms with Crippen LogP contribution >= 0.6 is 0 Å². The van der Waals surface area contributed by atoms with E-state index in [1.54, 1.807) is 13.2 Å². The van der Waals surface area contributed by atoms with Crippen LogP contribution in [0.4, 0.5) is 10.5 Å². The second-order valence-corrected chi connectivity index (χ2v) is 10.5. The molecule has 1 heterocycles. The molecule has 8 heteroatoms. The Hall–Kier alpha value is -3.10. The summed E-state index contributed by atoms with van der Waals surface area (Å²) in [5, 5.41) is 2.71. The summed E-state index contributed by atoms with van der Waals surface area (Å²) >= 11 is 0. The Balaban J connectivity index is 1.68. The van der Waals surface area contributed by atoms with Crippen molar-refractivity contribution in [2.75, 3.05) is 19.5 Å². The van der Waals surface area contributed by atoms with E-state index in [0.29, 0.717) is 17.9 Å². The fourth-order valence-electron chi connectivity index (χ4n) is 5.53. The highest BCUT2D eigenvalue weighted by Gasteiger charge is 2.55. The van der Waals surface area contributed by atoms with Crippen LogP contribution in [0.3, 0.4) is 0 Å². The Morgan fingerprint density at radius 2 is 1.86 bits per heavy atom. The average molecular weight is 497 g/mol. The van der Waals surface area contributed by atoms with E-state index in [2.05, 4.69) is 22.9 Å². The molecular formula is C28H36N2O6. The van der Waals surface area contributed by atoms with Gasteiger partial charge in [0.25, 0.3) is 0 Å². The summed E-state index contributed by atoms with van der Waals surface area (Å²) in [7, 11) is 2.94. The van der Waals surface area contributed by atoms with Crippen LogP contribution in [0.25, 0.3) is 0 Å². The van der Waals surface area contributed by atoms with Crippen LogP contribution in [0.15, 0.2) is 48.5 Å². The van der Waals surface area contributed by atoms with E-state index in [4.69, 9.17) is 19.0 Å². The van der Waals surface area contributed by atoms with Crippen molar-refractivity contribution < 1.29 is 28.6 Å². The second kappa shape index (κ2) is 10.5. The monoisotopic (exact) mass is 496 g/mol. The molecule has 0 bridgehead atoms. The Bertz CT molecular complexity index is 1080. The van der Waals surface area contributed by atoms with Gasteiger partial charge in [-0.1, -0.05) is 30.3 Å². The largest absolute Gasteiger partial charge is 0.496 e. The Morgan fingerprint density at radius 1 is 1.11 bits per heavy atom. The van der Waals surface area contributed by atoms with Crippen LogP contribution in [0.2, 0.25) is 0 Å². The predicted octanol–water partition coefficient (Wildman–Crippen LogP) is 5.50. The summed E-state index contributed by atoms with van der Waals surface area (Å²) in [5.41, 5.74) is 4.56. The maximum absolute atomic E-state index is 13.4. The molecule has 2 N–H and O–H groups in total. The Morgan fingerprint density at radius 3 is 2.53 bits per heavy atom. The van der Waals surface area contributed by atoms with Crippen LogP contribution in [-0.2, 0) is 19.1 Å². The molecule has 1 spiro atoms. The summed E-state index contributed by atoms with van der Waals surface area (Å²) in [5.74, 6) is -0.0130. The number of amides is 1. The number of ether oxygens (including phenoxy) is 3. The first kappa shape index (κ1) is 26.0. The normalized spacial score (nSPS) is 25.9. The van der Waals surface area contributed by atoms with Crippen molar-refractivity contribution in [3.8, 4) is 5.75 Å². The van der Waals surface area contributed by atoms with Gasteiger partial charge in [0, 0.05) is 23.6 Å². The lowest BCUT2D eigenvalue weighted by atomic mass is 9.64. The third kappa shape index (κ3) is 5.50. The number of carbonyl (C=O) groups is 2. The first-order chi connectivity index (χ1) is 17.2. The maximum Gasteiger partial charge on any atom is 0.411 e. The average Bonchev–Trinajstić information content (AvgIpc) is 3.27. The first-order valence-electron chi connectivity index (χ1n) is 12.4. The molecule has 2 aromatic rings. The molecule has 8 nitrogen and oxygen atoms in total. The zero-order valence-electron chi connectivity index (χ0n) is 21.6. The molecule has 1 amide bonds. The van der Waals surface area contributed by atoms with Crippen molar-refractivity contribution >= 4 is 17.7 Å². The Labute approximate surface area is 212 Å². The van der Waals surface area contributed by atoms with Crippen LogP contribution in [0, 0.1) is 5.92 Å². The lowest BCUT2D eigenvalue weighted by molar-refractivity contribution is -0.170. The number of rotatable bonds is 5. The van der Waals surface area contributed by atoms with Gasteiger partial charge in [-0.15, -0.1) is 0 Å². The highest BCUT2D eigenvalue weighted by molar-refractivity contribution is 5.84. The van der Waals surface area contributed by atoms with E-state index >= 15 is 0 Å². The van der Waals surface area contributed by atoms with Crippen LogP contribution in [-0.4, -0.2) is 37.5 Å². The van der Waals surface area contributed by atoms with Gasteiger partial charge in [0.05, 0.1) is 31.8 Å². The van der Waals surface area contributed by atoms with Crippen molar-refractivity contribution in [1.29, 1.82) is 0 Å². The zero-order valence-corrected chi connectivity index (χ0v) is 21.6. The minimum Gasteiger partial charge on any atom is -0.496 e. The van der Waals surface area contributed by atoms with Gasteiger partial charge in [0.15, 0.2) is 0 Å². The van der Waals surface area contributed by atoms with Gasteiger partial charge in [0.1, 0.15) is 11.4 Å². The number of carbonyl (C=O) groups excluding carboxylic acids is 2. The van der Waals surface area contributed by atoms with Gasteiger partial charge in [-0.05, 0) is 63.8 Å². The number of hydrogen-bond acceptors (Lipinski definition) is 7. The first-order valence-corrected chi connectivity index (χ1v) is 12.4. The minimum absolute atomic E-state index is 0.179. The molecule has 4 atom stereocenters. The molecule has 1 aliphatic heterocycles. The quantitative estimate of drug-likeness (QED) is 0.528. The standard InChI is InChI=1S/C28H36N2O6/c1-27(2,3)35-25(31)20-12-9-15-28(24(20)18-10-7-6-8-11-18)17-22(30-36-28)21-16-19(29-26(32)34-5)13-14-23(21)33-4/h6-8,10-11,13-14,16,20,22,24,30H,9,12,15,17H2,1-5H3,(H,29,32)/t20?,22-,24+,28+/m0/s1. The molecule has 2 fully saturated rings. The number of anilines is 1. The van der Waals surface area contributed by atoms with Crippen molar-refractivity contribution in [2.45, 2.75) is 69.6 Å². The number of benzene rings is 2. The summed E-state index contributed by atoms with van der Waals surface area (Å²) in [4.78, 5) is 31.6. The molecule has 1 saturated carbocycles. The van der Waals surface area contributed by atoms with Crippen molar-refractivity contribution in [3.05, 3.63) is 59.7 Å². The predicted molar refractivity (Wildman–Crippen MR) is 136 cm³/mol. The van der Waals surface area contributed by atoms with Crippen LogP contribution in [0.5, 0.6) is 5.75 Å². The molecule has 2 aliphatic rings. The number of esters is 1. The fraction of sp³-hybridized carbons (Fsp3) is 0.500. The van der Waals surface area contributed by atoms with E-state index in [1.165, 1.54) is 7.11 Å². The minimum atomic E-state index is -0.608. The third-order valence-electron chi connectivity index (χ3n) is 6.94. The van der Waals surface area contributed by atoms with Crippen molar-refractivity contribution in [2.24, 2.45) is 5.92 Å². The molecule has 0 aromatic heterocycles. The molecular weight excluding hydrogens is 460 g/mol. The van der Waals surface area contributed by atoms with E-state index in [-0.39, 0.29) is 23.8 Å². The number of hydroxylamine groups is 1.